The minimum atomic E-state index is -0.226. The lowest BCUT2D eigenvalue weighted by Crippen LogP contribution is -2.36. The van der Waals surface area contributed by atoms with Crippen molar-refractivity contribution in [3.8, 4) is 11.6 Å². The Balaban J connectivity index is 1.67. The van der Waals surface area contributed by atoms with Crippen LogP contribution in [0, 0.1) is 0 Å². The predicted molar refractivity (Wildman–Crippen MR) is 82.4 cm³/mol. The van der Waals surface area contributed by atoms with Crippen LogP contribution >= 0.6 is 15.9 Å². The number of nitrogens with zero attached hydrogens (tertiary/aromatic N) is 4. The normalized spacial score (nSPS) is 17.8. The minimum absolute atomic E-state index is 0.226. The fourth-order valence-electron chi connectivity index (χ4n) is 2.49. The quantitative estimate of drug-likeness (QED) is 0.910. The standard InChI is InChI=1S/C14H18BrN5O/c15-10-4-5-12(17-8-10)14-18-13(19-21-14)11(16)9-20-6-2-1-3-7-20/h4-5,8,11H,1-3,6-7,9,16H2. The van der Waals surface area contributed by atoms with Crippen molar-refractivity contribution < 1.29 is 4.52 Å². The first-order valence-electron chi connectivity index (χ1n) is 7.16. The van der Waals surface area contributed by atoms with Crippen LogP contribution in [0.5, 0.6) is 0 Å². The topological polar surface area (TPSA) is 81.1 Å². The molecule has 0 bridgehead atoms. The Kier molecular flexibility index (Phi) is 4.62. The van der Waals surface area contributed by atoms with Gasteiger partial charge in [0, 0.05) is 17.2 Å². The average Bonchev–Trinajstić information content (AvgIpc) is 2.99. The molecule has 6 nitrogen and oxygen atoms in total. The molecular formula is C14H18BrN5O. The number of hydrogen-bond acceptors (Lipinski definition) is 6. The lowest BCUT2D eigenvalue weighted by Gasteiger charge is -2.27. The summed E-state index contributed by atoms with van der Waals surface area (Å²) in [5.41, 5.74) is 6.84. The van der Waals surface area contributed by atoms with Crippen molar-refractivity contribution >= 4 is 15.9 Å². The van der Waals surface area contributed by atoms with Crippen LogP contribution in [0.2, 0.25) is 0 Å². The summed E-state index contributed by atoms with van der Waals surface area (Å²) in [6, 6.07) is 3.49. The predicted octanol–water partition coefficient (Wildman–Crippen LogP) is 2.38. The maximum atomic E-state index is 6.19. The summed E-state index contributed by atoms with van der Waals surface area (Å²) < 4.78 is 6.17. The molecule has 2 aromatic rings. The van der Waals surface area contributed by atoms with E-state index in [-0.39, 0.29) is 6.04 Å². The highest BCUT2D eigenvalue weighted by atomic mass is 79.9. The van der Waals surface area contributed by atoms with E-state index in [0.717, 1.165) is 24.1 Å². The molecule has 1 unspecified atom stereocenters. The molecule has 112 valence electrons. The summed E-state index contributed by atoms with van der Waals surface area (Å²) in [5.74, 6) is 0.951. The number of likely N-dealkylation sites (tertiary alicyclic amines) is 1. The molecule has 1 aliphatic heterocycles. The van der Waals surface area contributed by atoms with E-state index in [9.17, 15) is 0 Å². The first-order valence-corrected chi connectivity index (χ1v) is 7.95. The largest absolute Gasteiger partial charge is 0.332 e. The number of piperidine rings is 1. The van der Waals surface area contributed by atoms with Crippen LogP contribution in [0.3, 0.4) is 0 Å². The van der Waals surface area contributed by atoms with Gasteiger partial charge in [-0.3, -0.25) is 0 Å². The Morgan fingerprint density at radius 2 is 2.10 bits per heavy atom. The monoisotopic (exact) mass is 351 g/mol. The van der Waals surface area contributed by atoms with Gasteiger partial charge < -0.3 is 15.2 Å². The molecule has 2 N–H and O–H groups in total. The van der Waals surface area contributed by atoms with Gasteiger partial charge in [-0.1, -0.05) is 11.6 Å². The minimum Gasteiger partial charge on any atom is -0.332 e. The Bertz CT molecular complexity index is 579. The second-order valence-corrected chi connectivity index (χ2v) is 6.20. The number of rotatable bonds is 4. The van der Waals surface area contributed by atoms with Gasteiger partial charge in [0.1, 0.15) is 5.69 Å². The van der Waals surface area contributed by atoms with Crippen LogP contribution < -0.4 is 5.73 Å². The molecule has 1 saturated heterocycles. The Morgan fingerprint density at radius 3 is 2.81 bits per heavy atom. The van der Waals surface area contributed by atoms with E-state index in [1.807, 2.05) is 12.1 Å². The number of aromatic nitrogens is 3. The molecular weight excluding hydrogens is 334 g/mol. The van der Waals surface area contributed by atoms with E-state index < -0.39 is 0 Å². The van der Waals surface area contributed by atoms with E-state index in [1.54, 1.807) is 6.20 Å². The van der Waals surface area contributed by atoms with Crippen molar-refractivity contribution in [1.29, 1.82) is 0 Å². The summed E-state index contributed by atoms with van der Waals surface area (Å²) in [6.07, 6.45) is 5.50. The van der Waals surface area contributed by atoms with Crippen LogP contribution in [0.15, 0.2) is 27.3 Å². The van der Waals surface area contributed by atoms with Gasteiger partial charge in [-0.05, 0) is 54.0 Å². The molecule has 21 heavy (non-hydrogen) atoms. The van der Waals surface area contributed by atoms with Crippen molar-refractivity contribution in [3.05, 3.63) is 28.6 Å². The third-order valence-electron chi connectivity index (χ3n) is 3.62. The molecule has 7 heteroatoms. The third kappa shape index (κ3) is 3.66. The lowest BCUT2D eigenvalue weighted by atomic mass is 10.1. The first kappa shape index (κ1) is 14.6. The average molecular weight is 352 g/mol. The molecule has 1 fully saturated rings. The molecule has 0 saturated carbocycles. The summed E-state index contributed by atoms with van der Waals surface area (Å²) in [4.78, 5) is 11.0. The highest BCUT2D eigenvalue weighted by molar-refractivity contribution is 9.10. The molecule has 0 amide bonds. The van der Waals surface area contributed by atoms with Crippen molar-refractivity contribution in [2.24, 2.45) is 5.73 Å². The van der Waals surface area contributed by atoms with Crippen LogP contribution in [-0.4, -0.2) is 39.7 Å². The highest BCUT2D eigenvalue weighted by Crippen LogP contribution is 2.19. The van der Waals surface area contributed by atoms with E-state index >= 15 is 0 Å². The molecule has 0 radical (unpaired) electrons. The number of pyridine rings is 1. The zero-order valence-corrected chi connectivity index (χ0v) is 13.3. The van der Waals surface area contributed by atoms with Crippen molar-refractivity contribution in [2.75, 3.05) is 19.6 Å². The summed E-state index contributed by atoms with van der Waals surface area (Å²) in [5, 5.41) is 3.99. The molecule has 1 atom stereocenters. The van der Waals surface area contributed by atoms with Crippen LogP contribution in [-0.2, 0) is 0 Å². The number of nitrogens with two attached hydrogens (primary N) is 1. The summed E-state index contributed by atoms with van der Waals surface area (Å²) >= 11 is 3.35. The maximum Gasteiger partial charge on any atom is 0.276 e. The first-order chi connectivity index (χ1) is 10.2. The Morgan fingerprint density at radius 1 is 1.29 bits per heavy atom. The van der Waals surface area contributed by atoms with Gasteiger partial charge in [0.25, 0.3) is 5.89 Å². The van der Waals surface area contributed by atoms with Crippen LogP contribution in [0.25, 0.3) is 11.6 Å². The van der Waals surface area contributed by atoms with E-state index in [4.69, 9.17) is 10.3 Å². The smallest absolute Gasteiger partial charge is 0.276 e. The number of hydrogen-bond donors (Lipinski definition) is 1. The van der Waals surface area contributed by atoms with Gasteiger partial charge in [-0.2, -0.15) is 4.98 Å². The molecule has 1 aliphatic rings. The van der Waals surface area contributed by atoms with Gasteiger partial charge in [0.2, 0.25) is 0 Å². The molecule has 0 spiro atoms. The fraction of sp³-hybridized carbons (Fsp3) is 0.500. The fourth-order valence-corrected chi connectivity index (χ4v) is 2.73. The SMILES string of the molecule is NC(CN1CCCCC1)c1noc(-c2ccc(Br)cn2)n1. The summed E-state index contributed by atoms with van der Waals surface area (Å²) in [7, 11) is 0. The molecule has 0 aliphatic carbocycles. The zero-order chi connectivity index (χ0) is 14.7. The summed E-state index contributed by atoms with van der Waals surface area (Å²) in [6.45, 7) is 2.98. The van der Waals surface area contributed by atoms with Crippen molar-refractivity contribution in [2.45, 2.75) is 25.3 Å². The van der Waals surface area contributed by atoms with Gasteiger partial charge in [0.15, 0.2) is 5.82 Å². The lowest BCUT2D eigenvalue weighted by molar-refractivity contribution is 0.213. The molecule has 3 rings (SSSR count). The second kappa shape index (κ2) is 6.64. The highest BCUT2D eigenvalue weighted by Gasteiger charge is 2.20. The third-order valence-corrected chi connectivity index (χ3v) is 4.09. The van der Waals surface area contributed by atoms with Gasteiger partial charge >= 0.3 is 0 Å². The zero-order valence-electron chi connectivity index (χ0n) is 11.7. The van der Waals surface area contributed by atoms with Gasteiger partial charge in [-0.15, -0.1) is 0 Å². The Hall–Kier alpha value is -1.31. The number of halogens is 1. The van der Waals surface area contributed by atoms with Crippen molar-refractivity contribution in [3.63, 3.8) is 0 Å². The Labute approximate surface area is 131 Å². The second-order valence-electron chi connectivity index (χ2n) is 5.29. The van der Waals surface area contributed by atoms with Crippen LogP contribution in [0.4, 0.5) is 0 Å². The van der Waals surface area contributed by atoms with E-state index in [0.29, 0.717) is 17.4 Å². The molecule has 2 aromatic heterocycles. The van der Waals surface area contributed by atoms with Crippen LogP contribution in [0.1, 0.15) is 31.1 Å². The van der Waals surface area contributed by atoms with Gasteiger partial charge in [0.05, 0.1) is 6.04 Å². The van der Waals surface area contributed by atoms with E-state index in [2.05, 4.69) is 36.0 Å². The van der Waals surface area contributed by atoms with Crippen molar-refractivity contribution in [1.82, 2.24) is 20.0 Å². The maximum absolute atomic E-state index is 6.19. The van der Waals surface area contributed by atoms with Gasteiger partial charge in [-0.25, -0.2) is 4.98 Å². The van der Waals surface area contributed by atoms with E-state index in [1.165, 1.54) is 19.3 Å². The molecule has 0 aromatic carbocycles. The molecule has 3 heterocycles.